The van der Waals surface area contributed by atoms with Gasteiger partial charge in [-0.05, 0) is 110 Å². The van der Waals surface area contributed by atoms with Crippen LogP contribution in [0.2, 0.25) is 0 Å². The van der Waals surface area contributed by atoms with E-state index in [4.69, 9.17) is 4.74 Å². The molecule has 7 rings (SSSR count). The maximum absolute atomic E-state index is 13.7. The Kier molecular flexibility index (Phi) is 10.9. The van der Waals surface area contributed by atoms with Gasteiger partial charge in [-0.15, -0.1) is 0 Å². The quantitative estimate of drug-likeness (QED) is 0.327. The second kappa shape index (κ2) is 14.4. The largest absolute Gasteiger partial charge is 1.00 e. The molecule has 1 unspecified atom stereocenters. The van der Waals surface area contributed by atoms with E-state index in [-0.39, 0.29) is 18.2 Å². The third-order valence-electron chi connectivity index (χ3n) is 10.9. The van der Waals surface area contributed by atoms with Gasteiger partial charge in [0.15, 0.2) is 9.84 Å². The lowest BCUT2D eigenvalue weighted by Gasteiger charge is -2.48. The number of sulfone groups is 1. The number of hydrogen-bond acceptors (Lipinski definition) is 6. The highest BCUT2D eigenvalue weighted by atomic mass is 35.5. The Morgan fingerprint density at radius 3 is 2.20 bits per heavy atom. The van der Waals surface area contributed by atoms with Gasteiger partial charge in [-0.3, -0.25) is 0 Å². The lowest BCUT2D eigenvalue weighted by atomic mass is 9.68. The predicted molar refractivity (Wildman–Crippen MR) is 180 cm³/mol. The van der Waals surface area contributed by atoms with Crippen molar-refractivity contribution < 1.29 is 30.7 Å². The lowest BCUT2D eigenvalue weighted by Crippen LogP contribution is -3.00. The van der Waals surface area contributed by atoms with E-state index < -0.39 is 27.3 Å². The van der Waals surface area contributed by atoms with Crippen LogP contribution in [-0.2, 0) is 29.4 Å². The molecule has 0 radical (unpaired) electrons. The number of aliphatic hydroxyl groups excluding tert-OH is 1. The number of fused-ring (bicyclic) bond motifs is 4. The van der Waals surface area contributed by atoms with Crippen LogP contribution in [0.3, 0.4) is 0 Å². The van der Waals surface area contributed by atoms with Crippen LogP contribution >= 0.6 is 0 Å². The van der Waals surface area contributed by atoms with Crippen LogP contribution in [0.1, 0.15) is 86.1 Å². The smallest absolute Gasteiger partial charge is 0.179 e. The van der Waals surface area contributed by atoms with E-state index in [0.29, 0.717) is 35.4 Å². The van der Waals surface area contributed by atoms with E-state index in [9.17, 15) is 13.5 Å². The highest BCUT2D eigenvalue weighted by Gasteiger charge is 2.47. The summed E-state index contributed by atoms with van der Waals surface area (Å²) in [6.07, 6.45) is 6.75. The van der Waals surface area contributed by atoms with Crippen molar-refractivity contribution in [1.82, 2.24) is 10.2 Å². The van der Waals surface area contributed by atoms with Crippen LogP contribution in [0, 0.1) is 10.8 Å². The summed E-state index contributed by atoms with van der Waals surface area (Å²) in [6, 6.07) is 22.4. The van der Waals surface area contributed by atoms with Crippen LogP contribution < -0.4 is 22.5 Å². The molecular formula is C38H50ClN2O4S-. The molecule has 8 heteroatoms. The average Bonchev–Trinajstić information content (AvgIpc) is 3.11. The Balaban J connectivity index is 0.00000417. The molecule has 250 valence electrons. The summed E-state index contributed by atoms with van der Waals surface area (Å²) >= 11 is 0. The lowest BCUT2D eigenvalue weighted by molar-refractivity contribution is -0.0000163. The molecule has 0 spiro atoms. The minimum atomic E-state index is -3.59. The van der Waals surface area contributed by atoms with Crippen LogP contribution in [0.25, 0.3) is 0 Å². The number of unbranched alkanes of at least 4 members (excludes halogenated alkanes) is 1. The summed E-state index contributed by atoms with van der Waals surface area (Å²) < 4.78 is 33.7. The van der Waals surface area contributed by atoms with E-state index in [1.54, 1.807) is 6.07 Å². The van der Waals surface area contributed by atoms with Crippen LogP contribution in [0.4, 0.5) is 0 Å². The number of hydrogen-bond donors (Lipinski definition) is 2. The highest BCUT2D eigenvalue weighted by Crippen LogP contribution is 2.47. The molecule has 0 amide bonds. The fourth-order valence-corrected chi connectivity index (χ4v) is 10.2. The molecule has 4 aliphatic heterocycles. The Bertz CT molecular complexity index is 1560. The Morgan fingerprint density at radius 1 is 0.935 bits per heavy atom. The van der Waals surface area contributed by atoms with E-state index in [1.165, 1.54) is 50.9 Å². The van der Waals surface area contributed by atoms with Gasteiger partial charge in [-0.1, -0.05) is 75.2 Å². The van der Waals surface area contributed by atoms with Crippen molar-refractivity contribution in [3.63, 3.8) is 0 Å². The van der Waals surface area contributed by atoms with Crippen molar-refractivity contribution in [1.29, 1.82) is 0 Å². The Hall–Kier alpha value is -2.42. The molecule has 46 heavy (non-hydrogen) atoms. The highest BCUT2D eigenvalue weighted by molar-refractivity contribution is 7.91. The number of piperidine rings is 3. The molecule has 3 aromatic rings. The zero-order valence-electron chi connectivity index (χ0n) is 27.6. The number of ether oxygens (including phenoxy) is 1. The maximum Gasteiger partial charge on any atom is 0.179 e. The van der Waals surface area contributed by atoms with Gasteiger partial charge >= 0.3 is 0 Å². The molecular weight excluding hydrogens is 616 g/mol. The molecule has 3 aromatic carbocycles. The molecule has 2 bridgehead atoms. The van der Waals surface area contributed by atoms with Gasteiger partial charge < -0.3 is 32.5 Å². The summed E-state index contributed by atoms with van der Waals surface area (Å²) in [4.78, 5) is 2.94. The number of benzene rings is 3. The molecule has 3 fully saturated rings. The number of halogens is 1. The number of rotatable bonds is 11. The van der Waals surface area contributed by atoms with Crippen molar-refractivity contribution in [3.8, 4) is 5.75 Å². The van der Waals surface area contributed by atoms with Gasteiger partial charge in [-0.25, -0.2) is 8.42 Å². The third-order valence-corrected chi connectivity index (χ3v) is 13.0. The first kappa shape index (κ1) is 34.9. The first-order chi connectivity index (χ1) is 21.6. The van der Waals surface area contributed by atoms with Crippen LogP contribution in [0.5, 0.6) is 5.75 Å². The van der Waals surface area contributed by atoms with E-state index in [1.807, 2.05) is 50.4 Å². The first-order valence-corrected chi connectivity index (χ1v) is 18.5. The van der Waals surface area contributed by atoms with Gasteiger partial charge in [-0.2, -0.15) is 0 Å². The predicted octanol–water partition coefficient (Wildman–Crippen LogP) is 3.49. The van der Waals surface area contributed by atoms with E-state index in [2.05, 4.69) is 41.4 Å². The fourth-order valence-electron chi connectivity index (χ4n) is 8.06. The summed E-state index contributed by atoms with van der Waals surface area (Å²) in [5, 5.41) is 15.2. The van der Waals surface area contributed by atoms with Gasteiger partial charge in [0.05, 0.1) is 16.8 Å². The number of nitrogens with one attached hydrogen (secondary N) is 1. The minimum Gasteiger partial charge on any atom is -1.00 e. The van der Waals surface area contributed by atoms with Crippen molar-refractivity contribution in [2.45, 2.75) is 88.9 Å². The van der Waals surface area contributed by atoms with E-state index >= 15 is 0 Å². The molecule has 0 aliphatic carbocycles. The standard InChI is InChI=1S/C38H50N2O4S.ClH/c1-4-5-16-37(2)27-45(42,43)34-15-10-30(25-39-3)23-33(34)35(36(37)41)31-11-13-32(14-12-31)44-26-29-8-6-28(7-9-29)24-38-17-20-40(21-18-38)22-19-38;/h6-15,23,35-36,39,41H,4-5,16-22,24-27H2,1-3H3;1H/p-1/t35-,36-,37?;/m1./s1. The molecule has 3 atom stereocenters. The monoisotopic (exact) mass is 665 g/mol. The third kappa shape index (κ3) is 7.34. The van der Waals surface area contributed by atoms with Gasteiger partial charge in [0.1, 0.15) is 12.4 Å². The Labute approximate surface area is 282 Å². The molecule has 0 aromatic heterocycles. The minimum absolute atomic E-state index is 0. The topological polar surface area (TPSA) is 78.9 Å². The maximum atomic E-state index is 13.7. The first-order valence-electron chi connectivity index (χ1n) is 16.8. The second-order valence-electron chi connectivity index (χ2n) is 14.3. The summed E-state index contributed by atoms with van der Waals surface area (Å²) in [6.45, 7) is 8.91. The molecule has 0 saturated carbocycles. The number of nitrogens with zero attached hydrogens (tertiary/aromatic N) is 1. The van der Waals surface area contributed by atoms with Crippen molar-refractivity contribution in [2.75, 3.05) is 32.4 Å². The number of aliphatic hydroxyl groups is 1. The van der Waals surface area contributed by atoms with Gasteiger partial charge in [0.2, 0.25) is 0 Å². The summed E-state index contributed by atoms with van der Waals surface area (Å²) in [5.74, 6) is 0.230. The molecule has 2 N–H and O–H groups in total. The molecule has 6 nitrogen and oxygen atoms in total. The second-order valence-corrected chi connectivity index (χ2v) is 16.2. The zero-order valence-corrected chi connectivity index (χ0v) is 29.2. The van der Waals surface area contributed by atoms with Crippen LogP contribution in [0.15, 0.2) is 71.6 Å². The summed E-state index contributed by atoms with van der Waals surface area (Å²) in [7, 11) is -1.71. The van der Waals surface area contributed by atoms with Crippen molar-refractivity contribution >= 4 is 9.84 Å². The molecule has 4 aliphatic rings. The fraction of sp³-hybridized carbons (Fsp3) is 0.526. The van der Waals surface area contributed by atoms with Gasteiger partial charge in [0.25, 0.3) is 0 Å². The SMILES string of the molecule is CCCCC1(C)CS(=O)(=O)c2ccc(CNC)cc2[C@@H](c2ccc(OCc3ccc(CC45CCN(CC4)CC5)cc3)cc2)[C@H]1O.[Cl-]. The average molecular weight is 666 g/mol. The van der Waals surface area contributed by atoms with Crippen molar-refractivity contribution in [2.24, 2.45) is 10.8 Å². The molecule has 4 heterocycles. The van der Waals surface area contributed by atoms with Crippen LogP contribution in [-0.4, -0.2) is 57.0 Å². The van der Waals surface area contributed by atoms with E-state index in [0.717, 1.165) is 35.3 Å². The normalized spacial score (nSPS) is 28.1. The zero-order chi connectivity index (χ0) is 31.7. The van der Waals surface area contributed by atoms with Crippen molar-refractivity contribution in [3.05, 3.63) is 94.5 Å². The Morgan fingerprint density at radius 2 is 1.57 bits per heavy atom. The molecule has 3 saturated heterocycles. The summed E-state index contributed by atoms with van der Waals surface area (Å²) in [5.41, 5.74) is 4.86. The van der Waals surface area contributed by atoms with Gasteiger partial charge in [0, 0.05) is 17.9 Å².